The second-order valence-electron chi connectivity index (χ2n) is 8.47. The molecule has 0 aromatic heterocycles. The van der Waals surface area contributed by atoms with E-state index in [2.05, 4.69) is 0 Å². The average molecular weight is 338 g/mol. The lowest BCUT2D eigenvalue weighted by Gasteiger charge is -2.57. The number of carbonyl (C=O) groups is 2. The molecule has 0 spiro atoms. The maximum Gasteiger partial charge on any atom is 0.248 e. The smallest absolute Gasteiger partial charge is 0.248 e. The fourth-order valence-electron chi connectivity index (χ4n) is 6.46. The van der Waals surface area contributed by atoms with Crippen LogP contribution in [0.5, 0.6) is 0 Å². The molecular formula is C19H24F2O3. The van der Waals surface area contributed by atoms with Crippen molar-refractivity contribution in [2.24, 2.45) is 28.6 Å². The Morgan fingerprint density at radius 1 is 1.17 bits per heavy atom. The zero-order valence-corrected chi connectivity index (χ0v) is 13.9. The lowest BCUT2D eigenvalue weighted by molar-refractivity contribution is -0.148. The van der Waals surface area contributed by atoms with Crippen LogP contribution in [0.25, 0.3) is 0 Å². The van der Waals surface area contributed by atoms with Crippen LogP contribution in [0.4, 0.5) is 8.78 Å². The summed E-state index contributed by atoms with van der Waals surface area (Å²) >= 11 is 0. The molecule has 3 saturated carbocycles. The van der Waals surface area contributed by atoms with Gasteiger partial charge in [-0.1, -0.05) is 12.5 Å². The Kier molecular flexibility index (Phi) is 3.55. The van der Waals surface area contributed by atoms with Crippen molar-refractivity contribution in [1.29, 1.82) is 0 Å². The minimum Gasteiger partial charge on any atom is -0.385 e. The number of hydrogen-bond donors (Lipinski definition) is 1. The zero-order valence-electron chi connectivity index (χ0n) is 13.9. The highest BCUT2D eigenvalue weighted by Crippen LogP contribution is 2.65. The number of aliphatic hydroxyl groups excluding tert-OH is 1. The lowest BCUT2D eigenvalue weighted by atomic mass is 9.47. The Morgan fingerprint density at radius 2 is 1.92 bits per heavy atom. The van der Waals surface area contributed by atoms with Crippen molar-refractivity contribution in [1.82, 2.24) is 0 Å². The van der Waals surface area contributed by atoms with E-state index in [-0.39, 0.29) is 35.4 Å². The van der Waals surface area contributed by atoms with E-state index in [4.69, 9.17) is 0 Å². The normalized spacial score (nSPS) is 48.0. The molecule has 0 saturated heterocycles. The number of ketones is 2. The van der Waals surface area contributed by atoms with E-state index in [0.717, 1.165) is 12.8 Å². The number of Topliss-reactive ketones (excluding diaryl/α,β-unsaturated/α-hetero) is 1. The van der Waals surface area contributed by atoms with Gasteiger partial charge in [0.15, 0.2) is 5.78 Å². The monoisotopic (exact) mass is 338 g/mol. The van der Waals surface area contributed by atoms with Gasteiger partial charge in [-0.05, 0) is 62.4 Å². The molecule has 0 amide bonds. The molecule has 0 aliphatic heterocycles. The summed E-state index contributed by atoms with van der Waals surface area (Å²) in [7, 11) is 0. The molecular weight excluding hydrogens is 314 g/mol. The first kappa shape index (κ1) is 16.4. The number of fused-ring (bicyclic) bond motifs is 5. The second-order valence-corrected chi connectivity index (χ2v) is 8.47. The van der Waals surface area contributed by atoms with Crippen molar-refractivity contribution in [3.63, 3.8) is 0 Å². The highest BCUT2D eigenvalue weighted by Gasteiger charge is 2.63. The summed E-state index contributed by atoms with van der Waals surface area (Å²) in [4.78, 5) is 24.2. The van der Waals surface area contributed by atoms with Gasteiger partial charge in [0.1, 0.15) is 11.9 Å². The van der Waals surface area contributed by atoms with Gasteiger partial charge < -0.3 is 5.11 Å². The van der Waals surface area contributed by atoms with Gasteiger partial charge in [0.2, 0.25) is 6.43 Å². The van der Waals surface area contributed by atoms with Gasteiger partial charge in [-0.3, -0.25) is 9.59 Å². The van der Waals surface area contributed by atoms with Crippen molar-refractivity contribution in [3.05, 3.63) is 11.6 Å². The topological polar surface area (TPSA) is 54.4 Å². The summed E-state index contributed by atoms with van der Waals surface area (Å²) in [5.41, 5.74) is -1.18. The molecule has 0 aromatic rings. The largest absolute Gasteiger partial charge is 0.385 e. The van der Waals surface area contributed by atoms with Gasteiger partial charge in [-0.15, -0.1) is 0 Å². The fraction of sp³-hybridized carbons (Fsp3) is 0.789. The molecule has 4 rings (SSSR count). The van der Waals surface area contributed by atoms with Gasteiger partial charge in [-0.25, -0.2) is 8.78 Å². The molecule has 6 atom stereocenters. The highest BCUT2D eigenvalue weighted by atomic mass is 19.3. The minimum atomic E-state index is -2.58. The first-order chi connectivity index (χ1) is 11.3. The van der Waals surface area contributed by atoms with Crippen LogP contribution in [0.2, 0.25) is 0 Å². The molecule has 1 unspecified atom stereocenters. The maximum atomic E-state index is 14.3. The first-order valence-corrected chi connectivity index (χ1v) is 9.05. The Hall–Kier alpha value is -1.10. The van der Waals surface area contributed by atoms with Crippen LogP contribution < -0.4 is 0 Å². The van der Waals surface area contributed by atoms with E-state index >= 15 is 0 Å². The third-order valence-electron chi connectivity index (χ3n) is 7.72. The lowest BCUT2D eigenvalue weighted by Crippen LogP contribution is -2.56. The second kappa shape index (κ2) is 5.20. The zero-order chi connectivity index (χ0) is 17.3. The van der Waals surface area contributed by atoms with Crippen LogP contribution in [0.1, 0.15) is 51.9 Å². The van der Waals surface area contributed by atoms with E-state index in [1.54, 1.807) is 0 Å². The Morgan fingerprint density at radius 3 is 2.62 bits per heavy atom. The van der Waals surface area contributed by atoms with E-state index in [0.29, 0.717) is 31.3 Å². The first-order valence-electron chi connectivity index (χ1n) is 9.05. The molecule has 1 N–H and O–H groups in total. The quantitative estimate of drug-likeness (QED) is 0.798. The molecule has 5 heteroatoms. The number of rotatable bonds is 1. The molecule has 4 aliphatic rings. The number of allylic oxidation sites excluding steroid dienone is 1. The third-order valence-corrected chi connectivity index (χ3v) is 7.72. The molecule has 0 radical (unpaired) electrons. The van der Waals surface area contributed by atoms with Crippen molar-refractivity contribution in [2.45, 2.75) is 64.4 Å². The SMILES string of the molecule is C[C@]12CC[C@H]3[C@@H](CCC4=CC(=O)C(O)C[C@@]43C(F)F)[C@@H]1CCC2=O. The number of halogens is 2. The van der Waals surface area contributed by atoms with Crippen LogP contribution in [0.15, 0.2) is 11.6 Å². The molecule has 0 bridgehead atoms. The van der Waals surface area contributed by atoms with E-state index in [9.17, 15) is 23.5 Å². The summed E-state index contributed by atoms with van der Waals surface area (Å²) < 4.78 is 28.6. The highest BCUT2D eigenvalue weighted by molar-refractivity contribution is 5.95. The summed E-state index contributed by atoms with van der Waals surface area (Å²) in [5.74, 6) is -0.102. The van der Waals surface area contributed by atoms with Gasteiger partial charge >= 0.3 is 0 Å². The predicted octanol–water partition coefficient (Wildman–Crippen LogP) is 3.30. The fourth-order valence-corrected chi connectivity index (χ4v) is 6.46. The van der Waals surface area contributed by atoms with Crippen LogP contribution in [-0.4, -0.2) is 29.2 Å². The molecule has 3 fully saturated rings. The van der Waals surface area contributed by atoms with Crippen LogP contribution in [0.3, 0.4) is 0 Å². The summed E-state index contributed by atoms with van der Waals surface area (Å²) in [6.07, 6.45) is 1.12. The van der Waals surface area contributed by atoms with E-state index < -0.39 is 23.7 Å². The van der Waals surface area contributed by atoms with Gasteiger partial charge in [0.25, 0.3) is 0 Å². The van der Waals surface area contributed by atoms with Gasteiger partial charge in [0.05, 0.1) is 5.41 Å². The molecule has 24 heavy (non-hydrogen) atoms. The molecule has 0 heterocycles. The number of alkyl halides is 2. The molecule has 132 valence electrons. The maximum absolute atomic E-state index is 14.3. The molecule has 0 aromatic carbocycles. The van der Waals surface area contributed by atoms with Crippen LogP contribution >= 0.6 is 0 Å². The van der Waals surface area contributed by atoms with Gasteiger partial charge in [-0.2, -0.15) is 0 Å². The number of carbonyl (C=O) groups excluding carboxylic acids is 2. The van der Waals surface area contributed by atoms with Crippen molar-refractivity contribution in [2.75, 3.05) is 0 Å². The Balaban J connectivity index is 1.77. The molecule has 4 aliphatic carbocycles. The Bertz CT molecular complexity index is 628. The van der Waals surface area contributed by atoms with Crippen molar-refractivity contribution < 1.29 is 23.5 Å². The van der Waals surface area contributed by atoms with E-state index in [1.165, 1.54) is 6.08 Å². The van der Waals surface area contributed by atoms with Crippen LogP contribution in [-0.2, 0) is 9.59 Å². The predicted molar refractivity (Wildman–Crippen MR) is 83.4 cm³/mol. The van der Waals surface area contributed by atoms with Crippen LogP contribution in [0, 0.1) is 28.6 Å². The van der Waals surface area contributed by atoms with E-state index in [1.807, 2.05) is 6.92 Å². The molecule has 3 nitrogen and oxygen atoms in total. The minimum absolute atomic E-state index is 0.0988. The summed E-state index contributed by atoms with van der Waals surface area (Å²) in [5, 5.41) is 10.0. The number of hydrogen-bond acceptors (Lipinski definition) is 3. The third kappa shape index (κ3) is 1.91. The summed E-state index contributed by atoms with van der Waals surface area (Å²) in [6, 6.07) is 0. The van der Waals surface area contributed by atoms with Crippen molar-refractivity contribution in [3.8, 4) is 0 Å². The van der Waals surface area contributed by atoms with Crippen molar-refractivity contribution >= 4 is 11.6 Å². The Labute approximate surface area is 140 Å². The van der Waals surface area contributed by atoms with Gasteiger partial charge in [0, 0.05) is 11.8 Å². The standard InChI is InChI=1S/C19H24F2O3/c1-18-7-6-13-11(12(18)4-5-16(18)24)3-2-10-8-14(22)15(23)9-19(10,13)17(20)21/h8,11-13,15,17,23H,2-7,9H2,1H3/t11-,12-,13-,15?,18-,19+/m0/s1. The number of aliphatic hydroxyl groups is 1. The summed E-state index contributed by atoms with van der Waals surface area (Å²) in [6.45, 7) is 2.02. The average Bonchev–Trinajstić information content (AvgIpc) is 2.84.